The fourth-order valence-electron chi connectivity index (χ4n) is 1.19. The van der Waals surface area contributed by atoms with Crippen LogP contribution in [0.5, 0.6) is 0 Å². The number of sulfonamides is 1. The Morgan fingerprint density at radius 3 is 2.87 bits per heavy atom. The lowest BCUT2D eigenvalue weighted by atomic mass is 10.3. The van der Waals surface area contributed by atoms with Crippen molar-refractivity contribution in [1.82, 2.24) is 14.9 Å². The quantitative estimate of drug-likeness (QED) is 0.619. The Balaban J connectivity index is 2.57. The fourth-order valence-corrected chi connectivity index (χ4v) is 2.48. The Kier molecular flexibility index (Phi) is 4.25. The highest BCUT2D eigenvalue weighted by Gasteiger charge is 2.21. The molecule has 0 aliphatic heterocycles. The predicted molar refractivity (Wildman–Crippen MR) is 57.5 cm³/mol. The highest BCUT2D eigenvalue weighted by Crippen LogP contribution is 2.03. The maximum absolute atomic E-state index is 11.7. The molecule has 1 aromatic rings. The van der Waals surface area contributed by atoms with Crippen LogP contribution >= 0.6 is 0 Å². The SMILES string of the molecule is CCC(CN)S(=O)(=O)NCc1cn[nH]c1. The second-order valence-electron chi connectivity index (χ2n) is 3.24. The number of rotatable bonds is 6. The number of H-pyrrole nitrogens is 1. The normalized spacial score (nSPS) is 14.0. The molecule has 0 saturated heterocycles. The summed E-state index contributed by atoms with van der Waals surface area (Å²) in [7, 11) is -3.32. The van der Waals surface area contributed by atoms with E-state index >= 15 is 0 Å². The van der Waals surface area contributed by atoms with E-state index in [0.29, 0.717) is 6.42 Å². The third-order valence-electron chi connectivity index (χ3n) is 2.19. The first-order valence-corrected chi connectivity index (χ1v) is 6.31. The lowest BCUT2D eigenvalue weighted by Gasteiger charge is -2.13. The summed E-state index contributed by atoms with van der Waals surface area (Å²) in [4.78, 5) is 0. The van der Waals surface area contributed by atoms with Crippen molar-refractivity contribution in [3.05, 3.63) is 18.0 Å². The smallest absolute Gasteiger partial charge is 0.216 e. The average Bonchev–Trinajstić information content (AvgIpc) is 2.69. The summed E-state index contributed by atoms with van der Waals surface area (Å²) >= 11 is 0. The molecule has 0 aliphatic carbocycles. The third-order valence-corrected chi connectivity index (χ3v) is 4.14. The average molecular weight is 232 g/mol. The molecule has 1 unspecified atom stereocenters. The molecule has 0 radical (unpaired) electrons. The number of nitrogens with one attached hydrogen (secondary N) is 2. The lowest BCUT2D eigenvalue weighted by Crippen LogP contribution is -2.38. The van der Waals surface area contributed by atoms with Crippen LogP contribution < -0.4 is 10.5 Å². The van der Waals surface area contributed by atoms with Crippen molar-refractivity contribution >= 4 is 10.0 Å². The summed E-state index contributed by atoms with van der Waals surface area (Å²) in [6, 6.07) is 0. The van der Waals surface area contributed by atoms with Gasteiger partial charge in [-0.25, -0.2) is 13.1 Å². The van der Waals surface area contributed by atoms with E-state index in [1.54, 1.807) is 19.3 Å². The topological polar surface area (TPSA) is 101 Å². The van der Waals surface area contributed by atoms with Gasteiger partial charge in [0.1, 0.15) is 0 Å². The maximum atomic E-state index is 11.7. The summed E-state index contributed by atoms with van der Waals surface area (Å²) < 4.78 is 25.8. The van der Waals surface area contributed by atoms with Crippen LogP contribution in [0.3, 0.4) is 0 Å². The first-order chi connectivity index (χ1) is 7.10. The minimum Gasteiger partial charge on any atom is -0.329 e. The van der Waals surface area contributed by atoms with E-state index in [0.717, 1.165) is 5.56 Å². The van der Waals surface area contributed by atoms with E-state index in [2.05, 4.69) is 14.9 Å². The van der Waals surface area contributed by atoms with Crippen LogP contribution in [0.4, 0.5) is 0 Å². The molecule has 0 aromatic carbocycles. The Morgan fingerprint density at radius 1 is 1.67 bits per heavy atom. The molecule has 6 nitrogen and oxygen atoms in total. The Morgan fingerprint density at radius 2 is 2.40 bits per heavy atom. The summed E-state index contributed by atoms with van der Waals surface area (Å²) in [6.07, 6.45) is 3.73. The van der Waals surface area contributed by atoms with Crippen molar-refractivity contribution < 1.29 is 8.42 Å². The molecule has 0 amide bonds. The van der Waals surface area contributed by atoms with Crippen LogP contribution in [0.1, 0.15) is 18.9 Å². The maximum Gasteiger partial charge on any atom is 0.216 e. The highest BCUT2D eigenvalue weighted by atomic mass is 32.2. The molecule has 4 N–H and O–H groups in total. The molecular weight excluding hydrogens is 216 g/mol. The fraction of sp³-hybridized carbons (Fsp3) is 0.625. The highest BCUT2D eigenvalue weighted by molar-refractivity contribution is 7.90. The van der Waals surface area contributed by atoms with Crippen LogP contribution in [-0.2, 0) is 16.6 Å². The Hall–Kier alpha value is -0.920. The Bertz CT molecular complexity index is 369. The molecule has 0 bridgehead atoms. The second-order valence-corrected chi connectivity index (χ2v) is 5.28. The molecule has 15 heavy (non-hydrogen) atoms. The van der Waals surface area contributed by atoms with Gasteiger partial charge in [-0.15, -0.1) is 0 Å². The van der Waals surface area contributed by atoms with E-state index in [1.807, 2.05) is 0 Å². The molecule has 0 saturated carbocycles. The zero-order valence-corrected chi connectivity index (χ0v) is 9.42. The molecular formula is C8H16N4O2S. The van der Waals surface area contributed by atoms with Crippen molar-refractivity contribution in [2.24, 2.45) is 5.73 Å². The summed E-state index contributed by atoms with van der Waals surface area (Å²) in [5, 5.41) is 5.81. The van der Waals surface area contributed by atoms with Gasteiger partial charge in [0, 0.05) is 24.8 Å². The van der Waals surface area contributed by atoms with Crippen LogP contribution in [-0.4, -0.2) is 30.4 Å². The van der Waals surface area contributed by atoms with Crippen molar-refractivity contribution in [2.75, 3.05) is 6.54 Å². The van der Waals surface area contributed by atoms with Gasteiger partial charge in [0.05, 0.1) is 11.4 Å². The molecule has 1 aromatic heterocycles. The van der Waals surface area contributed by atoms with Crippen LogP contribution in [0.25, 0.3) is 0 Å². The van der Waals surface area contributed by atoms with Gasteiger partial charge in [0.2, 0.25) is 10.0 Å². The van der Waals surface area contributed by atoms with E-state index in [-0.39, 0.29) is 13.1 Å². The van der Waals surface area contributed by atoms with Crippen LogP contribution in [0, 0.1) is 0 Å². The Labute approximate surface area is 89.3 Å². The molecule has 1 rings (SSSR count). The third kappa shape index (κ3) is 3.29. The largest absolute Gasteiger partial charge is 0.329 e. The number of aromatic amines is 1. The van der Waals surface area contributed by atoms with Gasteiger partial charge in [0.15, 0.2) is 0 Å². The predicted octanol–water partition coefficient (Wildman–Crippen LogP) is -0.434. The van der Waals surface area contributed by atoms with Gasteiger partial charge in [-0.2, -0.15) is 5.10 Å². The molecule has 86 valence electrons. The molecule has 0 aliphatic rings. The van der Waals surface area contributed by atoms with E-state index in [9.17, 15) is 8.42 Å². The van der Waals surface area contributed by atoms with Crippen LogP contribution in [0.15, 0.2) is 12.4 Å². The van der Waals surface area contributed by atoms with Gasteiger partial charge in [-0.3, -0.25) is 5.10 Å². The number of hydrogen-bond donors (Lipinski definition) is 3. The number of nitrogens with two attached hydrogens (primary N) is 1. The van der Waals surface area contributed by atoms with E-state index < -0.39 is 15.3 Å². The number of nitrogens with zero attached hydrogens (tertiary/aromatic N) is 1. The summed E-state index contributed by atoms with van der Waals surface area (Å²) in [5.74, 6) is 0. The van der Waals surface area contributed by atoms with Gasteiger partial charge < -0.3 is 5.73 Å². The van der Waals surface area contributed by atoms with Crippen molar-refractivity contribution in [3.63, 3.8) is 0 Å². The molecule has 0 fully saturated rings. The zero-order valence-electron chi connectivity index (χ0n) is 8.60. The van der Waals surface area contributed by atoms with Gasteiger partial charge in [0.25, 0.3) is 0 Å². The standard InChI is InChI=1S/C8H16N4O2S/c1-2-8(3-9)15(13,14)12-6-7-4-10-11-5-7/h4-5,8,12H,2-3,6,9H2,1H3,(H,10,11). The summed E-state index contributed by atoms with van der Waals surface area (Å²) in [6.45, 7) is 2.18. The van der Waals surface area contributed by atoms with E-state index in [1.165, 1.54) is 0 Å². The van der Waals surface area contributed by atoms with Gasteiger partial charge in [-0.05, 0) is 6.42 Å². The molecule has 1 atom stereocenters. The van der Waals surface area contributed by atoms with Crippen molar-refractivity contribution in [2.45, 2.75) is 25.1 Å². The molecule has 7 heteroatoms. The number of hydrogen-bond acceptors (Lipinski definition) is 4. The first kappa shape index (κ1) is 12.2. The van der Waals surface area contributed by atoms with Gasteiger partial charge >= 0.3 is 0 Å². The number of aromatic nitrogens is 2. The second kappa shape index (κ2) is 5.24. The van der Waals surface area contributed by atoms with Crippen molar-refractivity contribution in [3.8, 4) is 0 Å². The minimum absolute atomic E-state index is 0.136. The monoisotopic (exact) mass is 232 g/mol. The van der Waals surface area contributed by atoms with Crippen LogP contribution in [0.2, 0.25) is 0 Å². The zero-order chi connectivity index (χ0) is 11.3. The van der Waals surface area contributed by atoms with E-state index in [4.69, 9.17) is 5.73 Å². The first-order valence-electron chi connectivity index (χ1n) is 4.76. The lowest BCUT2D eigenvalue weighted by molar-refractivity contribution is 0.561. The van der Waals surface area contributed by atoms with Gasteiger partial charge in [-0.1, -0.05) is 6.92 Å². The summed E-state index contributed by atoms with van der Waals surface area (Å²) in [5.41, 5.74) is 6.18. The molecule has 0 spiro atoms. The van der Waals surface area contributed by atoms with Crippen molar-refractivity contribution in [1.29, 1.82) is 0 Å². The molecule has 1 heterocycles. The minimum atomic E-state index is -3.32.